The topological polar surface area (TPSA) is 66.6 Å². The van der Waals surface area contributed by atoms with Crippen molar-refractivity contribution in [2.45, 2.75) is 38.3 Å². The van der Waals surface area contributed by atoms with Crippen LogP contribution in [0.2, 0.25) is 0 Å². The Hall–Kier alpha value is -1.36. The van der Waals surface area contributed by atoms with Gasteiger partial charge < -0.3 is 9.63 Å². The Morgan fingerprint density at radius 2 is 2.31 bits per heavy atom. The molecule has 1 aliphatic rings. The van der Waals surface area contributed by atoms with Gasteiger partial charge in [0.2, 0.25) is 0 Å². The lowest BCUT2D eigenvalue weighted by Gasteiger charge is -2.26. The Bertz CT molecular complexity index is 331. The van der Waals surface area contributed by atoms with Crippen molar-refractivity contribution < 1.29 is 14.4 Å². The van der Waals surface area contributed by atoms with Gasteiger partial charge in [-0.2, -0.15) is 0 Å². The highest BCUT2D eigenvalue weighted by Crippen LogP contribution is 2.24. The predicted molar refractivity (Wildman–Crippen MR) is 56.8 cm³/mol. The number of carboxylic acids is 1. The highest BCUT2D eigenvalue weighted by molar-refractivity contribution is 5.69. The van der Waals surface area contributed by atoms with Crippen LogP contribution in [-0.2, 0) is 11.3 Å². The molecule has 0 radical (unpaired) electrons. The van der Waals surface area contributed by atoms with Crippen molar-refractivity contribution in [2.24, 2.45) is 0 Å². The highest BCUT2D eigenvalue weighted by Gasteiger charge is 2.24. The maximum atomic E-state index is 10.8. The first-order chi connectivity index (χ1) is 7.75. The van der Waals surface area contributed by atoms with Crippen molar-refractivity contribution in [3.8, 4) is 0 Å². The number of aromatic nitrogens is 1. The summed E-state index contributed by atoms with van der Waals surface area (Å²) in [6.07, 6.45) is 7.81. The van der Waals surface area contributed by atoms with Crippen molar-refractivity contribution in [1.29, 1.82) is 0 Å². The molecular formula is C11H16N2O3. The van der Waals surface area contributed by atoms with E-state index in [9.17, 15) is 4.79 Å². The molecule has 88 valence electrons. The first kappa shape index (κ1) is 11.1. The van der Waals surface area contributed by atoms with Crippen LogP contribution in [-0.4, -0.2) is 33.7 Å². The van der Waals surface area contributed by atoms with Crippen molar-refractivity contribution >= 4 is 5.97 Å². The maximum absolute atomic E-state index is 10.8. The molecule has 0 spiro atoms. The number of hydrogen-bond acceptors (Lipinski definition) is 4. The molecule has 1 aromatic heterocycles. The first-order valence-electron chi connectivity index (χ1n) is 5.60. The predicted octanol–water partition coefficient (Wildman–Crippen LogP) is 1.50. The fourth-order valence-corrected chi connectivity index (χ4v) is 2.30. The zero-order valence-corrected chi connectivity index (χ0v) is 9.13. The summed E-state index contributed by atoms with van der Waals surface area (Å²) in [6, 6.07) is 0.394. The fraction of sp³-hybridized carbons (Fsp3) is 0.636. The Morgan fingerprint density at radius 1 is 1.56 bits per heavy atom. The molecule has 0 unspecified atom stereocenters. The van der Waals surface area contributed by atoms with Gasteiger partial charge in [0, 0.05) is 18.2 Å². The Morgan fingerprint density at radius 3 is 2.88 bits per heavy atom. The Kier molecular flexibility index (Phi) is 3.56. The van der Waals surface area contributed by atoms with E-state index in [4.69, 9.17) is 9.63 Å². The molecule has 0 aliphatic heterocycles. The maximum Gasteiger partial charge on any atom is 0.317 e. The first-order valence-corrected chi connectivity index (χ1v) is 5.60. The van der Waals surface area contributed by atoms with Gasteiger partial charge in [0.15, 0.2) is 0 Å². The molecule has 1 saturated carbocycles. The lowest BCUT2D eigenvalue weighted by Crippen LogP contribution is -2.36. The minimum absolute atomic E-state index is 0.0931. The van der Waals surface area contributed by atoms with Gasteiger partial charge in [-0.25, -0.2) is 0 Å². The lowest BCUT2D eigenvalue weighted by atomic mass is 10.2. The molecule has 1 aromatic rings. The summed E-state index contributed by atoms with van der Waals surface area (Å²) in [4.78, 5) is 12.8. The quantitative estimate of drug-likeness (QED) is 0.821. The van der Waals surface area contributed by atoms with E-state index in [2.05, 4.69) is 5.16 Å². The van der Waals surface area contributed by atoms with Gasteiger partial charge in [-0.15, -0.1) is 0 Å². The van der Waals surface area contributed by atoms with Crippen LogP contribution in [0.1, 0.15) is 31.2 Å². The summed E-state index contributed by atoms with van der Waals surface area (Å²) in [6.45, 7) is 0.705. The SMILES string of the molecule is O=C(O)CN(Cc1cnoc1)C1CCCC1. The van der Waals surface area contributed by atoms with E-state index in [0.29, 0.717) is 12.6 Å². The lowest BCUT2D eigenvalue weighted by molar-refractivity contribution is -0.139. The summed E-state index contributed by atoms with van der Waals surface area (Å²) in [5.41, 5.74) is 0.938. The Labute approximate surface area is 94.0 Å². The summed E-state index contributed by atoms with van der Waals surface area (Å²) in [5.74, 6) is -0.775. The molecule has 5 nitrogen and oxygen atoms in total. The molecule has 2 rings (SSSR count). The summed E-state index contributed by atoms with van der Waals surface area (Å²) >= 11 is 0. The third-order valence-electron chi connectivity index (χ3n) is 3.05. The second-order valence-corrected chi connectivity index (χ2v) is 4.27. The summed E-state index contributed by atoms with van der Waals surface area (Å²) in [7, 11) is 0. The van der Waals surface area contributed by atoms with Crippen molar-refractivity contribution in [1.82, 2.24) is 10.1 Å². The van der Waals surface area contributed by atoms with Gasteiger partial charge in [-0.3, -0.25) is 9.69 Å². The van der Waals surface area contributed by atoms with Gasteiger partial charge in [0.25, 0.3) is 0 Å². The molecule has 1 fully saturated rings. The number of carboxylic acid groups (broad SMARTS) is 1. The van der Waals surface area contributed by atoms with Crippen molar-refractivity contribution in [3.63, 3.8) is 0 Å². The smallest absolute Gasteiger partial charge is 0.317 e. The molecule has 0 saturated heterocycles. The van der Waals surface area contributed by atoms with Gasteiger partial charge >= 0.3 is 5.97 Å². The van der Waals surface area contributed by atoms with Gasteiger partial charge in [0.1, 0.15) is 6.26 Å². The van der Waals surface area contributed by atoms with Crippen LogP contribution in [0.5, 0.6) is 0 Å². The minimum Gasteiger partial charge on any atom is -0.480 e. The molecule has 1 aliphatic carbocycles. The largest absolute Gasteiger partial charge is 0.480 e. The molecule has 0 aromatic carbocycles. The van der Waals surface area contributed by atoms with Crippen LogP contribution in [0.15, 0.2) is 17.0 Å². The van der Waals surface area contributed by atoms with Crippen LogP contribution >= 0.6 is 0 Å². The average molecular weight is 224 g/mol. The third kappa shape index (κ3) is 2.82. The van der Waals surface area contributed by atoms with Gasteiger partial charge in [-0.1, -0.05) is 18.0 Å². The Balaban J connectivity index is 1.98. The zero-order chi connectivity index (χ0) is 11.4. The fourth-order valence-electron chi connectivity index (χ4n) is 2.30. The van der Waals surface area contributed by atoms with E-state index in [1.807, 2.05) is 4.90 Å². The van der Waals surface area contributed by atoms with E-state index >= 15 is 0 Å². The van der Waals surface area contributed by atoms with E-state index in [-0.39, 0.29) is 6.54 Å². The minimum atomic E-state index is -0.775. The van der Waals surface area contributed by atoms with Crippen molar-refractivity contribution in [2.75, 3.05) is 6.54 Å². The van der Waals surface area contributed by atoms with Gasteiger partial charge in [-0.05, 0) is 12.8 Å². The standard InChI is InChI=1S/C11H16N2O3/c14-11(15)7-13(10-3-1-2-4-10)6-9-5-12-16-8-9/h5,8,10H,1-4,6-7H2,(H,14,15). The van der Waals surface area contributed by atoms with Crippen LogP contribution in [0.25, 0.3) is 0 Å². The third-order valence-corrected chi connectivity index (χ3v) is 3.05. The monoisotopic (exact) mass is 224 g/mol. The zero-order valence-electron chi connectivity index (χ0n) is 9.13. The molecule has 0 bridgehead atoms. The number of nitrogens with zero attached hydrogens (tertiary/aromatic N) is 2. The number of rotatable bonds is 5. The second-order valence-electron chi connectivity index (χ2n) is 4.27. The number of carbonyl (C=O) groups is 1. The van der Waals surface area contributed by atoms with Crippen LogP contribution in [0.4, 0.5) is 0 Å². The molecular weight excluding hydrogens is 208 g/mol. The van der Waals surface area contributed by atoms with E-state index in [0.717, 1.165) is 18.4 Å². The molecule has 16 heavy (non-hydrogen) atoms. The molecule has 5 heteroatoms. The second kappa shape index (κ2) is 5.12. The van der Waals surface area contributed by atoms with E-state index < -0.39 is 5.97 Å². The highest BCUT2D eigenvalue weighted by atomic mass is 16.5. The normalized spacial score (nSPS) is 17.1. The van der Waals surface area contributed by atoms with Crippen LogP contribution in [0, 0.1) is 0 Å². The molecule has 1 heterocycles. The van der Waals surface area contributed by atoms with E-state index in [1.165, 1.54) is 12.8 Å². The average Bonchev–Trinajstić information content (AvgIpc) is 2.88. The molecule has 0 atom stereocenters. The summed E-state index contributed by atoms with van der Waals surface area (Å²) in [5, 5.41) is 12.5. The van der Waals surface area contributed by atoms with Crippen molar-refractivity contribution in [3.05, 3.63) is 18.0 Å². The van der Waals surface area contributed by atoms with Crippen LogP contribution in [0.3, 0.4) is 0 Å². The number of hydrogen-bond donors (Lipinski definition) is 1. The van der Waals surface area contributed by atoms with E-state index in [1.54, 1.807) is 12.5 Å². The molecule has 1 N–H and O–H groups in total. The molecule has 0 amide bonds. The van der Waals surface area contributed by atoms with Crippen LogP contribution < -0.4 is 0 Å². The summed E-state index contributed by atoms with van der Waals surface area (Å²) < 4.78 is 4.76. The van der Waals surface area contributed by atoms with Gasteiger partial charge in [0.05, 0.1) is 12.7 Å². The number of aliphatic carboxylic acids is 1.